The van der Waals surface area contributed by atoms with Gasteiger partial charge in [0.2, 0.25) is 15.9 Å². The van der Waals surface area contributed by atoms with Crippen molar-refractivity contribution in [2.24, 2.45) is 0 Å². The second kappa shape index (κ2) is 10.0. The zero-order chi connectivity index (χ0) is 21.6. The van der Waals surface area contributed by atoms with Crippen molar-refractivity contribution < 1.29 is 22.3 Å². The summed E-state index contributed by atoms with van der Waals surface area (Å²) >= 11 is 6.10. The number of rotatable bonds is 9. The van der Waals surface area contributed by atoms with Crippen LogP contribution < -0.4 is 10.1 Å². The van der Waals surface area contributed by atoms with E-state index in [2.05, 4.69) is 5.32 Å². The van der Waals surface area contributed by atoms with Gasteiger partial charge in [-0.3, -0.25) is 4.79 Å². The number of hydrogen-bond acceptors (Lipinski definition) is 4. The van der Waals surface area contributed by atoms with Gasteiger partial charge in [-0.2, -0.15) is 4.31 Å². The van der Waals surface area contributed by atoms with Gasteiger partial charge in [0.15, 0.2) is 0 Å². The number of hydrogen-bond donors (Lipinski definition) is 1. The third kappa shape index (κ3) is 5.91. The summed E-state index contributed by atoms with van der Waals surface area (Å²) in [4.78, 5) is 12.4. The van der Waals surface area contributed by atoms with Crippen molar-refractivity contribution in [2.45, 2.75) is 31.7 Å². The SMILES string of the molecule is CCOc1ccc(S(=O)(=O)N(CC)CC(=O)N[C@H](C)c2ccc(F)cc2)cc1Cl. The number of carbonyl (C=O) groups excluding carboxylic acids is 1. The Balaban J connectivity index is 2.12. The number of nitrogens with one attached hydrogen (secondary N) is 1. The number of amides is 1. The number of halogens is 2. The van der Waals surface area contributed by atoms with Gasteiger partial charge in [0.05, 0.1) is 29.1 Å². The molecule has 0 saturated heterocycles. The highest BCUT2D eigenvalue weighted by atomic mass is 35.5. The van der Waals surface area contributed by atoms with E-state index in [0.717, 1.165) is 4.31 Å². The molecule has 9 heteroatoms. The lowest BCUT2D eigenvalue weighted by Gasteiger charge is -2.22. The maximum absolute atomic E-state index is 13.0. The number of carbonyl (C=O) groups is 1. The number of likely N-dealkylation sites (N-methyl/N-ethyl adjacent to an activating group) is 1. The van der Waals surface area contributed by atoms with E-state index in [0.29, 0.717) is 17.9 Å². The summed E-state index contributed by atoms with van der Waals surface area (Å²) in [6.45, 7) is 5.33. The minimum absolute atomic E-state index is 0.0211. The molecule has 0 unspecified atom stereocenters. The van der Waals surface area contributed by atoms with Crippen LogP contribution in [0.1, 0.15) is 32.4 Å². The van der Waals surface area contributed by atoms with E-state index in [1.807, 2.05) is 0 Å². The average molecular weight is 443 g/mol. The van der Waals surface area contributed by atoms with Crippen LogP contribution in [0.3, 0.4) is 0 Å². The van der Waals surface area contributed by atoms with Gasteiger partial charge in [0, 0.05) is 6.54 Å². The maximum atomic E-state index is 13.0. The van der Waals surface area contributed by atoms with Crippen LogP contribution in [0.2, 0.25) is 5.02 Å². The normalized spacial score (nSPS) is 12.6. The minimum atomic E-state index is -3.92. The Kier molecular flexibility index (Phi) is 8.01. The molecule has 0 heterocycles. The molecule has 1 atom stereocenters. The standard InChI is InChI=1S/C20H24ClFN2O4S/c1-4-24(13-20(25)23-14(3)15-6-8-16(22)9-7-15)29(26,27)17-10-11-19(28-5-2)18(21)12-17/h6-12,14H,4-5,13H2,1-3H3,(H,23,25)/t14-/m1/s1. The summed E-state index contributed by atoms with van der Waals surface area (Å²) in [5.41, 5.74) is 0.712. The second-order valence-corrected chi connectivity index (χ2v) is 8.64. The molecular formula is C20H24ClFN2O4S. The fourth-order valence-corrected chi connectivity index (χ4v) is 4.44. The van der Waals surface area contributed by atoms with Crippen molar-refractivity contribution >= 4 is 27.5 Å². The molecule has 1 N–H and O–H groups in total. The van der Waals surface area contributed by atoms with Crippen molar-refractivity contribution in [1.29, 1.82) is 0 Å². The molecular weight excluding hydrogens is 419 g/mol. The highest BCUT2D eigenvalue weighted by molar-refractivity contribution is 7.89. The van der Waals surface area contributed by atoms with E-state index < -0.39 is 22.0 Å². The van der Waals surface area contributed by atoms with Gasteiger partial charge in [-0.1, -0.05) is 30.7 Å². The molecule has 0 aliphatic rings. The lowest BCUT2D eigenvalue weighted by molar-refractivity contribution is -0.121. The molecule has 0 saturated carbocycles. The molecule has 0 aromatic heterocycles. The molecule has 0 aliphatic heterocycles. The highest BCUT2D eigenvalue weighted by Gasteiger charge is 2.26. The van der Waals surface area contributed by atoms with Crippen LogP contribution in [0.4, 0.5) is 4.39 Å². The summed E-state index contributed by atoms with van der Waals surface area (Å²) in [5, 5.41) is 2.91. The lowest BCUT2D eigenvalue weighted by Crippen LogP contribution is -2.41. The average Bonchev–Trinajstić information content (AvgIpc) is 2.68. The van der Waals surface area contributed by atoms with E-state index in [-0.39, 0.29) is 28.8 Å². The van der Waals surface area contributed by atoms with Crippen molar-refractivity contribution in [1.82, 2.24) is 9.62 Å². The Morgan fingerprint density at radius 3 is 2.41 bits per heavy atom. The van der Waals surface area contributed by atoms with Gasteiger partial charge in [-0.05, 0) is 49.7 Å². The summed E-state index contributed by atoms with van der Waals surface area (Å²) in [6, 6.07) is 9.53. The van der Waals surface area contributed by atoms with Crippen LogP contribution in [0.5, 0.6) is 5.75 Å². The third-order valence-electron chi connectivity index (χ3n) is 4.26. The number of sulfonamides is 1. The first-order valence-corrected chi connectivity index (χ1v) is 11.0. The molecule has 158 valence electrons. The highest BCUT2D eigenvalue weighted by Crippen LogP contribution is 2.28. The van der Waals surface area contributed by atoms with E-state index in [1.54, 1.807) is 32.9 Å². The molecule has 0 fully saturated rings. The number of benzene rings is 2. The predicted molar refractivity (Wildman–Crippen MR) is 110 cm³/mol. The van der Waals surface area contributed by atoms with Gasteiger partial charge in [0.25, 0.3) is 0 Å². The second-order valence-electron chi connectivity index (χ2n) is 6.30. The molecule has 0 bridgehead atoms. The molecule has 0 spiro atoms. The molecule has 2 rings (SSSR count). The van der Waals surface area contributed by atoms with Gasteiger partial charge in [-0.25, -0.2) is 12.8 Å². The summed E-state index contributed by atoms with van der Waals surface area (Å²) in [5.74, 6) is -0.448. The third-order valence-corrected chi connectivity index (χ3v) is 6.47. The predicted octanol–water partition coefficient (Wildman–Crippen LogP) is 3.77. The molecule has 2 aromatic rings. The monoisotopic (exact) mass is 442 g/mol. The van der Waals surface area contributed by atoms with E-state index in [9.17, 15) is 17.6 Å². The largest absolute Gasteiger partial charge is 0.492 e. The van der Waals surface area contributed by atoms with E-state index in [1.165, 1.54) is 30.3 Å². The Labute approximate surface area is 175 Å². The van der Waals surface area contributed by atoms with Crippen LogP contribution in [0, 0.1) is 5.82 Å². The number of ether oxygens (including phenoxy) is 1. The van der Waals surface area contributed by atoms with Gasteiger partial charge in [-0.15, -0.1) is 0 Å². The fourth-order valence-electron chi connectivity index (χ4n) is 2.71. The Morgan fingerprint density at radius 2 is 1.86 bits per heavy atom. The Hall–Kier alpha value is -2.16. The van der Waals surface area contributed by atoms with E-state index in [4.69, 9.17) is 16.3 Å². The molecule has 0 aliphatic carbocycles. The molecule has 6 nitrogen and oxygen atoms in total. The zero-order valence-electron chi connectivity index (χ0n) is 16.5. The lowest BCUT2D eigenvalue weighted by atomic mass is 10.1. The van der Waals surface area contributed by atoms with Crippen LogP contribution in [0.15, 0.2) is 47.4 Å². The first-order chi connectivity index (χ1) is 13.7. The van der Waals surface area contributed by atoms with Crippen molar-refractivity contribution in [3.8, 4) is 5.75 Å². The van der Waals surface area contributed by atoms with Gasteiger partial charge >= 0.3 is 0 Å². The van der Waals surface area contributed by atoms with Crippen molar-refractivity contribution in [2.75, 3.05) is 19.7 Å². The quantitative estimate of drug-likeness (QED) is 0.641. The minimum Gasteiger partial charge on any atom is -0.492 e. The molecule has 29 heavy (non-hydrogen) atoms. The smallest absolute Gasteiger partial charge is 0.243 e. The Morgan fingerprint density at radius 1 is 1.21 bits per heavy atom. The molecule has 2 aromatic carbocycles. The van der Waals surface area contributed by atoms with Crippen LogP contribution in [-0.4, -0.2) is 38.3 Å². The van der Waals surface area contributed by atoms with Crippen molar-refractivity contribution in [3.05, 3.63) is 58.9 Å². The van der Waals surface area contributed by atoms with Crippen LogP contribution in [0.25, 0.3) is 0 Å². The first-order valence-electron chi connectivity index (χ1n) is 9.16. The zero-order valence-corrected chi connectivity index (χ0v) is 18.1. The molecule has 0 radical (unpaired) electrons. The fraction of sp³-hybridized carbons (Fsp3) is 0.350. The Bertz CT molecular complexity index is 951. The maximum Gasteiger partial charge on any atom is 0.243 e. The van der Waals surface area contributed by atoms with Crippen LogP contribution in [-0.2, 0) is 14.8 Å². The molecule has 1 amide bonds. The van der Waals surface area contributed by atoms with Gasteiger partial charge < -0.3 is 10.1 Å². The van der Waals surface area contributed by atoms with Crippen molar-refractivity contribution in [3.63, 3.8) is 0 Å². The van der Waals surface area contributed by atoms with Gasteiger partial charge in [0.1, 0.15) is 11.6 Å². The topological polar surface area (TPSA) is 75.7 Å². The number of nitrogens with zero attached hydrogens (tertiary/aromatic N) is 1. The van der Waals surface area contributed by atoms with Crippen LogP contribution >= 0.6 is 11.6 Å². The van der Waals surface area contributed by atoms with E-state index >= 15 is 0 Å². The summed E-state index contributed by atoms with van der Waals surface area (Å²) in [6.07, 6.45) is 0. The summed E-state index contributed by atoms with van der Waals surface area (Å²) < 4.78 is 45.3. The summed E-state index contributed by atoms with van der Waals surface area (Å²) in [7, 11) is -3.92. The first kappa shape index (κ1) is 23.1.